The standard InChI is InChI=1S/C24H36N2O7SSi/c1-23(2,3)35(7,8)30-13-16-19-20(33-24(4,5)32-19)21(31-16)26-15(17-10-9-11-34-17)12-18(27)25(14-29-6)22(26)28/h9-12,16,19-21H,13-14H2,1-8H3/t16-,19-,20-,21-/m1/s1. The van der Waals surface area contributed by atoms with Crippen LogP contribution in [0.1, 0.15) is 40.8 Å². The van der Waals surface area contributed by atoms with Gasteiger partial charge in [0.05, 0.1) is 17.2 Å². The van der Waals surface area contributed by atoms with Gasteiger partial charge in [0.1, 0.15) is 25.0 Å². The minimum absolute atomic E-state index is 0.0373. The molecule has 2 saturated heterocycles. The van der Waals surface area contributed by atoms with E-state index in [1.807, 2.05) is 31.4 Å². The zero-order valence-electron chi connectivity index (χ0n) is 21.7. The van der Waals surface area contributed by atoms with Gasteiger partial charge < -0.3 is 23.4 Å². The molecule has 4 atom stereocenters. The maximum absolute atomic E-state index is 13.6. The first-order valence-electron chi connectivity index (χ1n) is 11.8. The van der Waals surface area contributed by atoms with Crippen molar-refractivity contribution >= 4 is 19.7 Å². The van der Waals surface area contributed by atoms with Gasteiger partial charge in [-0.25, -0.2) is 9.36 Å². The molecule has 9 nitrogen and oxygen atoms in total. The number of methoxy groups -OCH3 is 1. The quantitative estimate of drug-likeness (QED) is 0.509. The van der Waals surface area contributed by atoms with E-state index in [1.165, 1.54) is 29.1 Å². The summed E-state index contributed by atoms with van der Waals surface area (Å²) < 4.78 is 33.1. The first-order valence-corrected chi connectivity index (χ1v) is 15.6. The largest absolute Gasteiger partial charge is 0.414 e. The number of rotatable bonds is 7. The van der Waals surface area contributed by atoms with Gasteiger partial charge in [0.25, 0.3) is 5.56 Å². The smallest absolute Gasteiger partial charge is 0.335 e. The van der Waals surface area contributed by atoms with E-state index in [2.05, 4.69) is 33.9 Å². The monoisotopic (exact) mass is 524 g/mol. The molecule has 4 rings (SSSR count). The molecule has 0 unspecified atom stereocenters. The molecule has 194 valence electrons. The lowest BCUT2D eigenvalue weighted by Gasteiger charge is -2.37. The molecular weight excluding hydrogens is 488 g/mol. The molecule has 2 fully saturated rings. The Labute approximate surface area is 210 Å². The third-order valence-corrected chi connectivity index (χ3v) is 12.4. The number of aromatic nitrogens is 2. The third kappa shape index (κ3) is 5.00. The van der Waals surface area contributed by atoms with Crippen molar-refractivity contribution in [2.24, 2.45) is 0 Å². The molecule has 0 N–H and O–H groups in total. The second kappa shape index (κ2) is 9.36. The van der Waals surface area contributed by atoms with E-state index in [9.17, 15) is 9.59 Å². The average Bonchev–Trinajstić information content (AvgIpc) is 3.45. The summed E-state index contributed by atoms with van der Waals surface area (Å²) in [5.41, 5.74) is -0.482. The van der Waals surface area contributed by atoms with Gasteiger partial charge in [0.15, 0.2) is 20.3 Å². The van der Waals surface area contributed by atoms with Gasteiger partial charge in [-0.15, -0.1) is 11.3 Å². The van der Waals surface area contributed by atoms with E-state index in [0.29, 0.717) is 12.3 Å². The molecule has 2 aromatic rings. The van der Waals surface area contributed by atoms with Gasteiger partial charge >= 0.3 is 5.69 Å². The fourth-order valence-electron chi connectivity index (χ4n) is 4.21. The minimum Gasteiger partial charge on any atom is -0.414 e. The first-order chi connectivity index (χ1) is 16.3. The summed E-state index contributed by atoms with van der Waals surface area (Å²) in [5, 5.41) is 1.94. The molecule has 4 heterocycles. The van der Waals surface area contributed by atoms with Gasteiger partial charge in [0, 0.05) is 13.2 Å². The van der Waals surface area contributed by atoms with Crippen LogP contribution in [0.2, 0.25) is 18.1 Å². The highest BCUT2D eigenvalue weighted by atomic mass is 32.1. The molecule has 11 heteroatoms. The molecule has 2 aromatic heterocycles. The van der Waals surface area contributed by atoms with Crippen LogP contribution in [0.3, 0.4) is 0 Å². The zero-order valence-corrected chi connectivity index (χ0v) is 23.5. The van der Waals surface area contributed by atoms with Crippen molar-refractivity contribution in [3.63, 3.8) is 0 Å². The van der Waals surface area contributed by atoms with Gasteiger partial charge in [-0.2, -0.15) is 0 Å². The number of fused-ring (bicyclic) bond motifs is 1. The van der Waals surface area contributed by atoms with Crippen LogP contribution in [0.25, 0.3) is 10.6 Å². The molecule has 2 aliphatic rings. The minimum atomic E-state index is -2.05. The van der Waals surface area contributed by atoms with E-state index in [4.69, 9.17) is 23.4 Å². The number of hydrogen-bond donors (Lipinski definition) is 0. The molecule has 35 heavy (non-hydrogen) atoms. The fourth-order valence-corrected chi connectivity index (χ4v) is 5.96. The van der Waals surface area contributed by atoms with Crippen molar-refractivity contribution in [1.29, 1.82) is 0 Å². The maximum Gasteiger partial charge on any atom is 0.335 e. The highest BCUT2D eigenvalue weighted by Gasteiger charge is 2.57. The Balaban J connectivity index is 1.77. The third-order valence-electron chi connectivity index (χ3n) is 7.05. The van der Waals surface area contributed by atoms with Crippen molar-refractivity contribution in [2.45, 2.75) is 89.8 Å². The molecule has 0 aliphatic carbocycles. The van der Waals surface area contributed by atoms with Crippen molar-refractivity contribution in [3.05, 3.63) is 44.4 Å². The molecule has 0 amide bonds. The van der Waals surface area contributed by atoms with Crippen molar-refractivity contribution in [2.75, 3.05) is 13.7 Å². The maximum atomic E-state index is 13.6. The molecule has 0 radical (unpaired) electrons. The first kappa shape index (κ1) is 26.5. The lowest BCUT2D eigenvalue weighted by molar-refractivity contribution is -0.200. The number of ether oxygens (including phenoxy) is 4. The Bertz CT molecular complexity index is 1170. The molecule has 0 saturated carbocycles. The number of nitrogens with zero attached hydrogens (tertiary/aromatic N) is 2. The average molecular weight is 525 g/mol. The summed E-state index contributed by atoms with van der Waals surface area (Å²) >= 11 is 1.44. The molecular formula is C24H36N2O7SSi. The molecule has 0 aromatic carbocycles. The van der Waals surface area contributed by atoms with Crippen LogP contribution >= 0.6 is 11.3 Å². The van der Waals surface area contributed by atoms with Crippen LogP contribution in [0.15, 0.2) is 33.2 Å². The Kier molecular flexibility index (Phi) is 7.08. The molecule has 0 spiro atoms. The van der Waals surface area contributed by atoms with Crippen LogP contribution < -0.4 is 11.2 Å². The molecule has 2 aliphatic heterocycles. The summed E-state index contributed by atoms with van der Waals surface area (Å²) in [6, 6.07) is 5.20. The second-order valence-corrected chi connectivity index (χ2v) is 16.8. The van der Waals surface area contributed by atoms with Crippen LogP contribution in [0, 0.1) is 0 Å². The van der Waals surface area contributed by atoms with Gasteiger partial charge in [-0.1, -0.05) is 26.8 Å². The lowest BCUT2D eigenvalue weighted by Crippen LogP contribution is -2.44. The van der Waals surface area contributed by atoms with E-state index < -0.39 is 49.9 Å². The van der Waals surface area contributed by atoms with Gasteiger partial charge in [-0.05, 0) is 43.4 Å². The van der Waals surface area contributed by atoms with Crippen molar-refractivity contribution < 1.29 is 23.4 Å². The summed E-state index contributed by atoms with van der Waals surface area (Å²) in [4.78, 5) is 27.2. The Morgan fingerprint density at radius 2 is 1.86 bits per heavy atom. The second-order valence-electron chi connectivity index (χ2n) is 11.0. The molecule has 0 bridgehead atoms. The lowest BCUT2D eigenvalue weighted by atomic mass is 10.1. The normalized spacial score (nSPS) is 26.3. The van der Waals surface area contributed by atoms with Crippen molar-refractivity contribution in [3.8, 4) is 10.6 Å². The summed E-state index contributed by atoms with van der Waals surface area (Å²) in [5.74, 6) is -0.847. The predicted octanol–water partition coefficient (Wildman–Crippen LogP) is 3.78. The van der Waals surface area contributed by atoms with Gasteiger partial charge in [-0.3, -0.25) is 9.36 Å². The van der Waals surface area contributed by atoms with Crippen LogP contribution in [-0.2, 0) is 30.1 Å². The highest BCUT2D eigenvalue weighted by molar-refractivity contribution is 7.13. The predicted molar refractivity (Wildman–Crippen MR) is 136 cm³/mol. The summed E-state index contributed by atoms with van der Waals surface area (Å²) in [7, 11) is -0.610. The Morgan fingerprint density at radius 3 is 2.46 bits per heavy atom. The Hall–Kier alpha value is -1.60. The van der Waals surface area contributed by atoms with Crippen LogP contribution in [0.4, 0.5) is 0 Å². The number of thiophene rings is 1. The van der Waals surface area contributed by atoms with Gasteiger partial charge in [0.2, 0.25) is 0 Å². The Morgan fingerprint density at radius 1 is 1.17 bits per heavy atom. The van der Waals surface area contributed by atoms with Crippen LogP contribution in [-0.4, -0.2) is 55.3 Å². The SMILES string of the molecule is COCn1c(=O)cc(-c2cccs2)n([C@@H]2O[C@H](CO[Si](C)(C)C(C)(C)C)[C@H]3OC(C)(C)O[C@H]32)c1=O. The number of hydrogen-bond acceptors (Lipinski definition) is 8. The summed E-state index contributed by atoms with van der Waals surface area (Å²) in [6.07, 6.45) is -2.22. The zero-order chi connectivity index (χ0) is 25.8. The summed E-state index contributed by atoms with van der Waals surface area (Å²) in [6.45, 7) is 14.8. The van der Waals surface area contributed by atoms with E-state index in [1.54, 1.807) is 0 Å². The van der Waals surface area contributed by atoms with E-state index in [-0.39, 0.29) is 11.8 Å². The topological polar surface area (TPSA) is 90.2 Å². The van der Waals surface area contributed by atoms with E-state index >= 15 is 0 Å². The highest BCUT2D eigenvalue weighted by Crippen LogP contribution is 2.45. The van der Waals surface area contributed by atoms with Crippen molar-refractivity contribution in [1.82, 2.24) is 9.13 Å². The van der Waals surface area contributed by atoms with E-state index in [0.717, 1.165) is 9.44 Å². The van der Waals surface area contributed by atoms with Crippen LogP contribution in [0.5, 0.6) is 0 Å². The fraction of sp³-hybridized carbons (Fsp3) is 0.667.